The van der Waals surface area contributed by atoms with Gasteiger partial charge in [-0.3, -0.25) is 9.59 Å². The van der Waals surface area contributed by atoms with Gasteiger partial charge in [-0.2, -0.15) is 0 Å². The van der Waals surface area contributed by atoms with Crippen LogP contribution in [0.4, 0.5) is 0 Å². The van der Waals surface area contributed by atoms with Crippen molar-refractivity contribution in [3.8, 4) is 11.5 Å². The number of methoxy groups -OCH3 is 2. The lowest BCUT2D eigenvalue weighted by molar-refractivity contribution is 0.403. The predicted molar refractivity (Wildman–Crippen MR) is 104 cm³/mol. The normalized spacial score (nSPS) is 11.8. The van der Waals surface area contributed by atoms with E-state index in [-0.39, 0.29) is 5.75 Å². The Kier molecular flexibility index (Phi) is 2.89. The van der Waals surface area contributed by atoms with Crippen molar-refractivity contribution in [2.75, 3.05) is 14.2 Å². The van der Waals surface area contributed by atoms with Crippen LogP contribution < -0.4 is 20.3 Å². The number of benzene rings is 5. The highest BCUT2D eigenvalue weighted by molar-refractivity contribution is 6.34. The van der Waals surface area contributed by atoms with E-state index in [9.17, 15) is 9.59 Å². The van der Waals surface area contributed by atoms with Crippen LogP contribution in [0, 0.1) is 0 Å². The second-order valence-electron chi connectivity index (χ2n) is 6.34. The van der Waals surface area contributed by atoms with Gasteiger partial charge in [0.15, 0.2) is 5.75 Å². The third-order valence-electron chi connectivity index (χ3n) is 5.17. The van der Waals surface area contributed by atoms with Crippen molar-refractivity contribution in [2.24, 2.45) is 0 Å². The number of rotatable bonds is 2. The summed E-state index contributed by atoms with van der Waals surface area (Å²) in [4.78, 5) is 25.7. The third kappa shape index (κ3) is 1.63. The van der Waals surface area contributed by atoms with Crippen LogP contribution in [0.3, 0.4) is 0 Å². The zero-order valence-electron chi connectivity index (χ0n) is 14.3. The molecule has 0 aliphatic carbocycles. The Bertz CT molecular complexity index is 1430. The minimum absolute atomic E-state index is 0.0407. The van der Waals surface area contributed by atoms with Crippen molar-refractivity contribution >= 4 is 43.1 Å². The zero-order chi connectivity index (χ0) is 18.0. The van der Waals surface area contributed by atoms with Crippen LogP contribution in [0.25, 0.3) is 43.1 Å². The van der Waals surface area contributed by atoms with Crippen molar-refractivity contribution in [1.29, 1.82) is 0 Å². The van der Waals surface area contributed by atoms with Gasteiger partial charge in [0, 0.05) is 10.8 Å². The van der Waals surface area contributed by atoms with Gasteiger partial charge >= 0.3 is 0 Å². The van der Waals surface area contributed by atoms with Crippen molar-refractivity contribution in [3.05, 3.63) is 69.0 Å². The maximum atomic E-state index is 13.0. The summed E-state index contributed by atoms with van der Waals surface area (Å²) in [5.41, 5.74) is -1.17. The first-order valence-electron chi connectivity index (χ1n) is 8.28. The Hall–Kier alpha value is -3.40. The maximum Gasteiger partial charge on any atom is 0.268 e. The molecule has 0 unspecified atom stereocenters. The Labute approximate surface area is 147 Å². The SMILES string of the molecule is COc1ccc2c3cccc4cccc(c5c(=O)c(=O)c(OC)c1c25)c43. The van der Waals surface area contributed by atoms with Gasteiger partial charge in [-0.25, -0.2) is 0 Å². The van der Waals surface area contributed by atoms with Gasteiger partial charge in [0.2, 0.25) is 5.43 Å². The minimum atomic E-state index is -0.637. The summed E-state index contributed by atoms with van der Waals surface area (Å²) in [6.07, 6.45) is 0. The summed E-state index contributed by atoms with van der Waals surface area (Å²) in [5.74, 6) is 0.560. The summed E-state index contributed by atoms with van der Waals surface area (Å²) in [6, 6.07) is 15.6. The highest BCUT2D eigenvalue weighted by Gasteiger charge is 2.23. The Morgan fingerprint density at radius 3 is 2.00 bits per heavy atom. The molecule has 0 atom stereocenters. The summed E-state index contributed by atoms with van der Waals surface area (Å²) in [6.45, 7) is 0. The van der Waals surface area contributed by atoms with Crippen LogP contribution in [0.5, 0.6) is 11.5 Å². The molecule has 0 N–H and O–H groups in total. The van der Waals surface area contributed by atoms with Crippen LogP contribution >= 0.6 is 0 Å². The molecule has 4 heteroatoms. The standard InChI is InChI=1S/C22H14O4/c1-25-15-10-9-13-12-7-3-5-11-6-4-8-14(16(11)12)18-17(13)19(15)22(26-2)21(24)20(18)23/h3-10H,1-2H3. The van der Waals surface area contributed by atoms with E-state index < -0.39 is 10.9 Å². The van der Waals surface area contributed by atoms with E-state index in [0.717, 1.165) is 32.3 Å². The van der Waals surface area contributed by atoms with Crippen molar-refractivity contribution in [3.63, 3.8) is 0 Å². The smallest absolute Gasteiger partial charge is 0.268 e. The van der Waals surface area contributed by atoms with Crippen LogP contribution in [0.15, 0.2) is 58.1 Å². The fourth-order valence-electron chi connectivity index (χ4n) is 4.13. The Morgan fingerprint density at radius 2 is 1.31 bits per heavy atom. The van der Waals surface area contributed by atoms with Gasteiger partial charge in [-0.15, -0.1) is 0 Å². The molecule has 0 radical (unpaired) electrons. The molecule has 0 aromatic heterocycles. The van der Waals surface area contributed by atoms with E-state index in [4.69, 9.17) is 9.47 Å². The molecule has 0 aliphatic heterocycles. The lowest BCUT2D eigenvalue weighted by Gasteiger charge is -2.16. The lowest BCUT2D eigenvalue weighted by atomic mass is 9.89. The third-order valence-corrected chi connectivity index (χ3v) is 5.17. The van der Waals surface area contributed by atoms with E-state index in [1.807, 2.05) is 48.5 Å². The first-order valence-corrected chi connectivity index (χ1v) is 8.28. The lowest BCUT2D eigenvalue weighted by Crippen LogP contribution is -2.25. The fraction of sp³-hybridized carbons (Fsp3) is 0.0909. The minimum Gasteiger partial charge on any atom is -0.496 e. The van der Waals surface area contributed by atoms with Crippen LogP contribution in [0.2, 0.25) is 0 Å². The van der Waals surface area contributed by atoms with Crippen molar-refractivity contribution < 1.29 is 9.47 Å². The first-order chi connectivity index (χ1) is 12.7. The molecule has 0 saturated carbocycles. The van der Waals surface area contributed by atoms with Gasteiger partial charge in [0.05, 0.1) is 19.6 Å². The van der Waals surface area contributed by atoms with E-state index in [1.54, 1.807) is 7.11 Å². The number of ether oxygens (including phenoxy) is 2. The summed E-state index contributed by atoms with van der Waals surface area (Å²) >= 11 is 0. The zero-order valence-corrected chi connectivity index (χ0v) is 14.3. The second-order valence-corrected chi connectivity index (χ2v) is 6.34. The van der Waals surface area contributed by atoms with Gasteiger partial charge in [0.1, 0.15) is 5.75 Å². The summed E-state index contributed by atoms with van der Waals surface area (Å²) in [7, 11) is 2.95. The quantitative estimate of drug-likeness (QED) is 0.277. The number of hydrogen-bond donors (Lipinski definition) is 0. The molecule has 0 amide bonds. The van der Waals surface area contributed by atoms with Crippen LogP contribution in [0.1, 0.15) is 0 Å². The molecule has 4 nitrogen and oxygen atoms in total. The van der Waals surface area contributed by atoms with Gasteiger partial charge in [-0.1, -0.05) is 42.5 Å². The molecule has 5 aromatic rings. The summed E-state index contributed by atoms with van der Waals surface area (Å²) < 4.78 is 10.8. The molecule has 0 fully saturated rings. The molecular weight excluding hydrogens is 328 g/mol. The maximum absolute atomic E-state index is 13.0. The molecule has 0 saturated heterocycles. The van der Waals surface area contributed by atoms with Gasteiger partial charge < -0.3 is 9.47 Å². The molecule has 26 heavy (non-hydrogen) atoms. The molecule has 5 rings (SSSR count). The molecule has 0 spiro atoms. The molecule has 0 heterocycles. The molecular formula is C22H14O4. The summed E-state index contributed by atoms with van der Waals surface area (Å²) in [5, 5.41) is 6.48. The number of fused-ring (bicyclic) bond motifs is 2. The second kappa shape index (κ2) is 5.05. The average molecular weight is 342 g/mol. The van der Waals surface area contributed by atoms with Crippen LogP contribution in [-0.4, -0.2) is 14.2 Å². The van der Waals surface area contributed by atoms with E-state index >= 15 is 0 Å². The van der Waals surface area contributed by atoms with E-state index in [2.05, 4.69) is 0 Å². The first kappa shape index (κ1) is 14.9. The monoisotopic (exact) mass is 342 g/mol. The highest BCUT2D eigenvalue weighted by Crippen LogP contribution is 2.43. The average Bonchev–Trinajstić information content (AvgIpc) is 2.68. The highest BCUT2D eigenvalue weighted by atomic mass is 16.5. The Balaban J connectivity index is 2.30. The largest absolute Gasteiger partial charge is 0.496 e. The molecule has 126 valence electrons. The van der Waals surface area contributed by atoms with E-state index in [0.29, 0.717) is 16.5 Å². The van der Waals surface area contributed by atoms with Crippen LogP contribution in [-0.2, 0) is 0 Å². The van der Waals surface area contributed by atoms with Crippen molar-refractivity contribution in [1.82, 2.24) is 0 Å². The molecule has 0 aliphatic rings. The molecule has 5 aromatic carbocycles. The fourth-order valence-corrected chi connectivity index (χ4v) is 4.13. The molecule has 0 bridgehead atoms. The topological polar surface area (TPSA) is 52.6 Å². The van der Waals surface area contributed by atoms with Gasteiger partial charge in [-0.05, 0) is 33.0 Å². The van der Waals surface area contributed by atoms with E-state index in [1.165, 1.54) is 7.11 Å². The van der Waals surface area contributed by atoms with Crippen molar-refractivity contribution in [2.45, 2.75) is 0 Å². The van der Waals surface area contributed by atoms with Gasteiger partial charge in [0.25, 0.3) is 5.43 Å². The Morgan fingerprint density at radius 1 is 0.615 bits per heavy atom. The predicted octanol–water partition coefficient (Wildman–Crippen LogP) is 3.91. The number of hydrogen-bond acceptors (Lipinski definition) is 4.